The van der Waals surface area contributed by atoms with Crippen molar-refractivity contribution < 1.29 is 19.8 Å². The predicted molar refractivity (Wildman–Crippen MR) is 75.2 cm³/mol. The Morgan fingerprint density at radius 3 is 2.10 bits per heavy atom. The summed E-state index contributed by atoms with van der Waals surface area (Å²) in [4.78, 5) is 22.9. The normalized spacial score (nSPS) is 10.2. The zero-order chi connectivity index (χ0) is 14.7. The summed E-state index contributed by atoms with van der Waals surface area (Å²) in [6.07, 6.45) is 0.529. The summed E-state index contributed by atoms with van der Waals surface area (Å²) < 4.78 is 0. The van der Waals surface area contributed by atoms with Crippen LogP contribution in [0.25, 0.3) is 11.1 Å². The van der Waals surface area contributed by atoms with Crippen LogP contribution >= 0.6 is 0 Å². The van der Waals surface area contributed by atoms with Gasteiger partial charge in [-0.1, -0.05) is 43.3 Å². The maximum atomic E-state index is 11.6. The molecule has 0 bridgehead atoms. The highest BCUT2D eigenvalue weighted by Gasteiger charge is 2.22. The second-order valence-corrected chi connectivity index (χ2v) is 4.35. The van der Waals surface area contributed by atoms with Gasteiger partial charge in [-0.2, -0.15) is 0 Å². The fourth-order valence-corrected chi connectivity index (χ4v) is 2.27. The van der Waals surface area contributed by atoms with Crippen LogP contribution in [0.4, 0.5) is 0 Å². The van der Waals surface area contributed by atoms with Crippen LogP contribution in [-0.2, 0) is 6.42 Å². The van der Waals surface area contributed by atoms with Crippen molar-refractivity contribution in [3.8, 4) is 11.1 Å². The molecule has 0 atom stereocenters. The van der Waals surface area contributed by atoms with E-state index in [0.717, 1.165) is 0 Å². The molecule has 0 radical (unpaired) electrons. The third kappa shape index (κ3) is 2.40. The van der Waals surface area contributed by atoms with Crippen LogP contribution < -0.4 is 0 Å². The smallest absolute Gasteiger partial charge is 0.336 e. The highest BCUT2D eigenvalue weighted by atomic mass is 16.4. The molecule has 0 aliphatic carbocycles. The molecule has 0 unspecified atom stereocenters. The first-order valence-corrected chi connectivity index (χ1v) is 6.24. The summed E-state index contributed by atoms with van der Waals surface area (Å²) in [5.74, 6) is -2.24. The average molecular weight is 270 g/mol. The summed E-state index contributed by atoms with van der Waals surface area (Å²) >= 11 is 0. The molecule has 0 aliphatic heterocycles. The summed E-state index contributed by atoms with van der Waals surface area (Å²) in [6.45, 7) is 1.84. The van der Waals surface area contributed by atoms with Crippen LogP contribution in [0.1, 0.15) is 33.2 Å². The molecule has 4 nitrogen and oxygen atoms in total. The van der Waals surface area contributed by atoms with Crippen LogP contribution in [0.5, 0.6) is 0 Å². The quantitative estimate of drug-likeness (QED) is 0.893. The van der Waals surface area contributed by atoms with Crippen LogP contribution in [0.3, 0.4) is 0 Å². The van der Waals surface area contributed by atoms with E-state index in [4.69, 9.17) is 0 Å². The highest BCUT2D eigenvalue weighted by Crippen LogP contribution is 2.31. The van der Waals surface area contributed by atoms with Gasteiger partial charge >= 0.3 is 11.9 Å². The lowest BCUT2D eigenvalue weighted by Gasteiger charge is -2.14. The molecule has 2 rings (SSSR count). The van der Waals surface area contributed by atoms with E-state index < -0.39 is 11.9 Å². The minimum absolute atomic E-state index is 0.00537. The van der Waals surface area contributed by atoms with E-state index in [2.05, 4.69) is 0 Å². The number of aryl methyl sites for hydroxylation is 1. The standard InChI is InChI=1S/C16H14O4/c1-2-10-8-9-12(15(17)18)13(14(10)16(19)20)11-6-4-3-5-7-11/h3-9H,2H2,1H3,(H,17,18)(H,19,20). The van der Waals surface area contributed by atoms with Gasteiger partial charge in [0.2, 0.25) is 0 Å². The summed E-state index contributed by atoms with van der Waals surface area (Å²) in [7, 11) is 0. The van der Waals surface area contributed by atoms with Gasteiger partial charge in [-0.05, 0) is 23.6 Å². The van der Waals surface area contributed by atoms with Crippen molar-refractivity contribution in [1.82, 2.24) is 0 Å². The maximum Gasteiger partial charge on any atom is 0.336 e. The lowest BCUT2D eigenvalue weighted by molar-refractivity contribution is 0.0695. The molecule has 0 spiro atoms. The van der Waals surface area contributed by atoms with Crippen LogP contribution in [0, 0.1) is 0 Å². The van der Waals surface area contributed by atoms with E-state index in [1.54, 1.807) is 36.4 Å². The van der Waals surface area contributed by atoms with Crippen molar-refractivity contribution >= 4 is 11.9 Å². The van der Waals surface area contributed by atoms with Crippen LogP contribution in [-0.4, -0.2) is 22.2 Å². The number of aromatic carboxylic acids is 2. The van der Waals surface area contributed by atoms with Gasteiger partial charge in [0.25, 0.3) is 0 Å². The largest absolute Gasteiger partial charge is 0.478 e. The number of carboxylic acids is 2. The number of carboxylic acid groups (broad SMARTS) is 2. The fraction of sp³-hybridized carbons (Fsp3) is 0.125. The van der Waals surface area contributed by atoms with Crippen LogP contribution in [0.2, 0.25) is 0 Å². The van der Waals surface area contributed by atoms with E-state index in [1.165, 1.54) is 6.07 Å². The van der Waals surface area contributed by atoms with E-state index in [1.807, 2.05) is 6.92 Å². The zero-order valence-electron chi connectivity index (χ0n) is 11.0. The Kier molecular flexibility index (Phi) is 3.84. The molecule has 0 aliphatic rings. The molecule has 0 saturated carbocycles. The van der Waals surface area contributed by atoms with Crippen molar-refractivity contribution in [2.45, 2.75) is 13.3 Å². The van der Waals surface area contributed by atoms with Crippen molar-refractivity contribution in [3.63, 3.8) is 0 Å². The molecule has 20 heavy (non-hydrogen) atoms. The van der Waals surface area contributed by atoms with Gasteiger partial charge in [0, 0.05) is 5.56 Å². The molecule has 102 valence electrons. The number of hydrogen-bond acceptors (Lipinski definition) is 2. The molecule has 0 heterocycles. The second kappa shape index (κ2) is 5.57. The van der Waals surface area contributed by atoms with Gasteiger partial charge < -0.3 is 10.2 Å². The topological polar surface area (TPSA) is 74.6 Å². The van der Waals surface area contributed by atoms with Gasteiger partial charge in [0.1, 0.15) is 0 Å². The Hall–Kier alpha value is -2.62. The molecule has 2 N–H and O–H groups in total. The second-order valence-electron chi connectivity index (χ2n) is 4.35. The van der Waals surface area contributed by atoms with Crippen molar-refractivity contribution in [3.05, 3.63) is 59.2 Å². The molecule has 2 aromatic carbocycles. The number of rotatable bonds is 4. The molecule has 0 fully saturated rings. The van der Waals surface area contributed by atoms with Gasteiger partial charge in [-0.3, -0.25) is 0 Å². The average Bonchev–Trinajstić information content (AvgIpc) is 2.46. The number of benzene rings is 2. The first-order chi connectivity index (χ1) is 9.56. The first-order valence-electron chi connectivity index (χ1n) is 6.24. The molecule has 0 amide bonds. The van der Waals surface area contributed by atoms with Crippen molar-refractivity contribution in [1.29, 1.82) is 0 Å². The highest BCUT2D eigenvalue weighted by molar-refractivity contribution is 6.05. The lowest BCUT2D eigenvalue weighted by atomic mass is 9.90. The molecular formula is C16H14O4. The molecular weight excluding hydrogens is 256 g/mol. The van der Waals surface area contributed by atoms with Gasteiger partial charge in [-0.25, -0.2) is 9.59 Å². The van der Waals surface area contributed by atoms with Gasteiger partial charge in [-0.15, -0.1) is 0 Å². The molecule has 4 heteroatoms. The van der Waals surface area contributed by atoms with Gasteiger partial charge in [0.05, 0.1) is 11.1 Å². The Morgan fingerprint density at radius 2 is 1.60 bits per heavy atom. The van der Waals surface area contributed by atoms with Crippen molar-refractivity contribution in [2.24, 2.45) is 0 Å². The predicted octanol–water partition coefficient (Wildman–Crippen LogP) is 3.31. The minimum Gasteiger partial charge on any atom is -0.478 e. The Bertz CT molecular complexity index is 660. The van der Waals surface area contributed by atoms with E-state index in [9.17, 15) is 19.8 Å². The van der Waals surface area contributed by atoms with Crippen molar-refractivity contribution in [2.75, 3.05) is 0 Å². The fourth-order valence-electron chi connectivity index (χ4n) is 2.27. The first kappa shape index (κ1) is 13.8. The third-order valence-corrected chi connectivity index (χ3v) is 3.18. The Labute approximate surface area is 116 Å². The number of carbonyl (C=O) groups is 2. The lowest BCUT2D eigenvalue weighted by Crippen LogP contribution is -2.10. The summed E-state index contributed by atoms with van der Waals surface area (Å²) in [5, 5.41) is 18.8. The molecule has 0 aromatic heterocycles. The van der Waals surface area contributed by atoms with E-state index in [0.29, 0.717) is 17.5 Å². The number of hydrogen-bond donors (Lipinski definition) is 2. The van der Waals surface area contributed by atoms with E-state index >= 15 is 0 Å². The summed E-state index contributed by atoms with van der Waals surface area (Å²) in [5.41, 5.74) is 1.56. The maximum absolute atomic E-state index is 11.6. The Morgan fingerprint density at radius 1 is 0.950 bits per heavy atom. The van der Waals surface area contributed by atoms with Gasteiger partial charge in [0.15, 0.2) is 0 Å². The monoisotopic (exact) mass is 270 g/mol. The van der Waals surface area contributed by atoms with Crippen LogP contribution in [0.15, 0.2) is 42.5 Å². The SMILES string of the molecule is CCc1ccc(C(=O)O)c(-c2ccccc2)c1C(=O)O. The third-order valence-electron chi connectivity index (χ3n) is 3.18. The summed E-state index contributed by atoms with van der Waals surface area (Å²) in [6, 6.07) is 11.8. The minimum atomic E-state index is -1.13. The zero-order valence-corrected chi connectivity index (χ0v) is 11.0. The molecule has 0 saturated heterocycles. The molecule has 2 aromatic rings. The Balaban J connectivity index is 2.86. The van der Waals surface area contributed by atoms with E-state index in [-0.39, 0.29) is 16.7 Å².